The van der Waals surface area contributed by atoms with E-state index < -0.39 is 0 Å². The zero-order valence-electron chi connectivity index (χ0n) is 12.1. The molecule has 1 saturated heterocycles. The Labute approximate surface area is 131 Å². The van der Waals surface area contributed by atoms with Crippen molar-refractivity contribution in [2.75, 3.05) is 58.3 Å². The number of likely N-dealkylation sites (N-methyl/N-ethyl adjacent to an activating group) is 1. The van der Waals surface area contributed by atoms with Gasteiger partial charge in [0.15, 0.2) is 0 Å². The summed E-state index contributed by atoms with van der Waals surface area (Å²) in [4.78, 5) is 11.6. The van der Waals surface area contributed by atoms with Gasteiger partial charge in [-0.25, -0.2) is 4.98 Å². The van der Waals surface area contributed by atoms with Crippen LogP contribution in [0, 0.1) is 0 Å². The summed E-state index contributed by atoms with van der Waals surface area (Å²) in [5.74, 6) is 1.34. The van der Waals surface area contributed by atoms with Gasteiger partial charge in [0.25, 0.3) is 0 Å². The summed E-state index contributed by atoms with van der Waals surface area (Å²) in [6.45, 7) is 6.40. The van der Waals surface area contributed by atoms with E-state index in [4.69, 9.17) is 23.2 Å². The molecule has 4 nitrogen and oxygen atoms in total. The number of nitrogens with zero attached hydrogens (tertiary/aromatic N) is 4. The molecule has 0 amide bonds. The van der Waals surface area contributed by atoms with E-state index in [0.29, 0.717) is 10.9 Å². The zero-order valence-corrected chi connectivity index (χ0v) is 13.7. The summed E-state index contributed by atoms with van der Waals surface area (Å²) >= 11 is 11.9. The molecular formula is C14H22Cl2N4. The molecule has 0 saturated carbocycles. The maximum Gasteiger partial charge on any atom is 0.129 e. The quantitative estimate of drug-likeness (QED) is 0.776. The Balaban J connectivity index is 1.90. The number of hydrogen-bond donors (Lipinski definition) is 0. The van der Waals surface area contributed by atoms with E-state index >= 15 is 0 Å². The Bertz CT molecular complexity index is 431. The molecule has 1 aromatic rings. The smallest absolute Gasteiger partial charge is 0.129 e. The molecule has 0 aliphatic carbocycles. The molecule has 112 valence electrons. The van der Waals surface area contributed by atoms with Crippen LogP contribution in [0.3, 0.4) is 0 Å². The van der Waals surface area contributed by atoms with Crippen LogP contribution in [0.25, 0.3) is 0 Å². The average Bonchev–Trinajstić information content (AvgIpc) is 2.46. The molecule has 0 N–H and O–H groups in total. The molecule has 0 spiro atoms. The standard InChI is InChI=1S/C14H22Cl2N4/c1-18(2)5-6-19-7-9-20(10-8-19)14-4-3-12(16)13(11-15)17-14/h3-4H,5-11H2,1-2H3. The van der Waals surface area contributed by atoms with Crippen molar-refractivity contribution in [2.24, 2.45) is 0 Å². The van der Waals surface area contributed by atoms with Crippen LogP contribution in [-0.2, 0) is 5.88 Å². The third-order valence-corrected chi connectivity index (χ3v) is 4.19. The van der Waals surface area contributed by atoms with Crippen molar-refractivity contribution in [1.29, 1.82) is 0 Å². The molecule has 1 aliphatic heterocycles. The van der Waals surface area contributed by atoms with Crippen molar-refractivity contribution in [3.63, 3.8) is 0 Å². The highest BCUT2D eigenvalue weighted by molar-refractivity contribution is 6.32. The summed E-state index contributed by atoms with van der Waals surface area (Å²) in [5.41, 5.74) is 0.765. The average molecular weight is 317 g/mol. The van der Waals surface area contributed by atoms with E-state index in [2.05, 4.69) is 33.8 Å². The molecule has 2 heterocycles. The predicted octanol–water partition coefficient (Wildman–Crippen LogP) is 2.16. The zero-order chi connectivity index (χ0) is 14.5. The van der Waals surface area contributed by atoms with Gasteiger partial charge in [-0.3, -0.25) is 4.90 Å². The molecule has 0 unspecified atom stereocenters. The second-order valence-electron chi connectivity index (χ2n) is 5.36. The summed E-state index contributed by atoms with van der Waals surface area (Å²) in [5, 5.41) is 0.647. The minimum absolute atomic E-state index is 0.357. The summed E-state index contributed by atoms with van der Waals surface area (Å²) in [7, 11) is 4.23. The molecule has 0 bridgehead atoms. The van der Waals surface area contributed by atoms with Gasteiger partial charge in [-0.05, 0) is 26.2 Å². The molecule has 0 aromatic carbocycles. The molecule has 0 radical (unpaired) electrons. The first kappa shape index (κ1) is 15.8. The lowest BCUT2D eigenvalue weighted by Gasteiger charge is -2.36. The van der Waals surface area contributed by atoms with Crippen molar-refractivity contribution < 1.29 is 0 Å². The van der Waals surface area contributed by atoms with Crippen LogP contribution in [-0.4, -0.2) is 68.1 Å². The van der Waals surface area contributed by atoms with Gasteiger partial charge in [0, 0.05) is 39.3 Å². The fraction of sp³-hybridized carbons (Fsp3) is 0.643. The number of piperazine rings is 1. The Morgan fingerprint density at radius 2 is 1.90 bits per heavy atom. The first-order valence-electron chi connectivity index (χ1n) is 6.93. The Morgan fingerprint density at radius 3 is 2.50 bits per heavy atom. The van der Waals surface area contributed by atoms with E-state index in [1.54, 1.807) is 0 Å². The molecule has 1 aromatic heterocycles. The van der Waals surface area contributed by atoms with E-state index in [1.165, 1.54) is 0 Å². The van der Waals surface area contributed by atoms with Crippen molar-refractivity contribution in [1.82, 2.24) is 14.8 Å². The predicted molar refractivity (Wildman–Crippen MR) is 86.0 cm³/mol. The summed E-state index contributed by atoms with van der Waals surface area (Å²) < 4.78 is 0. The van der Waals surface area contributed by atoms with Crippen LogP contribution in [0.5, 0.6) is 0 Å². The van der Waals surface area contributed by atoms with Gasteiger partial charge in [-0.15, -0.1) is 11.6 Å². The third-order valence-electron chi connectivity index (χ3n) is 3.59. The highest BCUT2D eigenvalue weighted by Crippen LogP contribution is 2.21. The lowest BCUT2D eigenvalue weighted by molar-refractivity contribution is 0.229. The van der Waals surface area contributed by atoms with E-state index in [9.17, 15) is 0 Å². The highest BCUT2D eigenvalue weighted by Gasteiger charge is 2.18. The lowest BCUT2D eigenvalue weighted by Crippen LogP contribution is -2.48. The Kier molecular flexibility index (Phi) is 5.90. The van der Waals surface area contributed by atoms with E-state index in [0.717, 1.165) is 50.8 Å². The number of rotatable bonds is 5. The number of pyridine rings is 1. The second kappa shape index (κ2) is 7.46. The fourth-order valence-electron chi connectivity index (χ4n) is 2.28. The van der Waals surface area contributed by atoms with E-state index in [1.807, 2.05) is 12.1 Å². The minimum atomic E-state index is 0.357. The van der Waals surface area contributed by atoms with Gasteiger partial charge in [-0.1, -0.05) is 11.6 Å². The van der Waals surface area contributed by atoms with Gasteiger partial charge >= 0.3 is 0 Å². The summed E-state index contributed by atoms with van der Waals surface area (Å²) in [6, 6.07) is 3.87. The van der Waals surface area contributed by atoms with Crippen LogP contribution >= 0.6 is 23.2 Å². The number of alkyl halides is 1. The maximum absolute atomic E-state index is 6.05. The lowest BCUT2D eigenvalue weighted by atomic mass is 10.3. The number of anilines is 1. The molecule has 2 rings (SSSR count). The SMILES string of the molecule is CN(C)CCN1CCN(c2ccc(Cl)c(CCl)n2)CC1. The molecule has 20 heavy (non-hydrogen) atoms. The molecule has 1 fully saturated rings. The van der Waals surface area contributed by atoms with Crippen molar-refractivity contribution in [2.45, 2.75) is 5.88 Å². The molecule has 0 atom stereocenters. The second-order valence-corrected chi connectivity index (χ2v) is 6.04. The van der Waals surface area contributed by atoms with Crippen LogP contribution in [0.1, 0.15) is 5.69 Å². The minimum Gasteiger partial charge on any atom is -0.354 e. The van der Waals surface area contributed by atoms with Gasteiger partial charge in [0.1, 0.15) is 5.82 Å². The van der Waals surface area contributed by atoms with E-state index in [-0.39, 0.29) is 0 Å². The number of aromatic nitrogens is 1. The first-order valence-corrected chi connectivity index (χ1v) is 7.85. The molecular weight excluding hydrogens is 295 g/mol. The van der Waals surface area contributed by atoms with Gasteiger partial charge in [0.2, 0.25) is 0 Å². The highest BCUT2D eigenvalue weighted by atomic mass is 35.5. The van der Waals surface area contributed by atoms with Crippen molar-refractivity contribution in [3.8, 4) is 0 Å². The first-order chi connectivity index (χ1) is 9.60. The Hall–Kier alpha value is -0.550. The van der Waals surface area contributed by atoms with Gasteiger partial charge in [-0.2, -0.15) is 0 Å². The topological polar surface area (TPSA) is 22.6 Å². The van der Waals surface area contributed by atoms with Gasteiger partial charge in [0.05, 0.1) is 16.6 Å². The van der Waals surface area contributed by atoms with Crippen molar-refractivity contribution >= 4 is 29.0 Å². The Morgan fingerprint density at radius 1 is 1.20 bits per heavy atom. The monoisotopic (exact) mass is 316 g/mol. The van der Waals surface area contributed by atoms with Crippen LogP contribution in [0.2, 0.25) is 5.02 Å². The third kappa shape index (κ3) is 4.22. The van der Waals surface area contributed by atoms with Crippen LogP contribution in [0.15, 0.2) is 12.1 Å². The molecule has 1 aliphatic rings. The fourth-order valence-corrected chi connectivity index (χ4v) is 2.73. The maximum atomic E-state index is 6.05. The molecule has 6 heteroatoms. The van der Waals surface area contributed by atoms with Crippen molar-refractivity contribution in [3.05, 3.63) is 22.8 Å². The summed E-state index contributed by atoms with van der Waals surface area (Å²) in [6.07, 6.45) is 0. The largest absolute Gasteiger partial charge is 0.354 e. The number of hydrogen-bond acceptors (Lipinski definition) is 4. The van der Waals surface area contributed by atoms with Crippen LogP contribution in [0.4, 0.5) is 5.82 Å². The van der Waals surface area contributed by atoms with Crippen LogP contribution < -0.4 is 4.90 Å². The number of halogens is 2. The normalized spacial score (nSPS) is 16.9. The van der Waals surface area contributed by atoms with Gasteiger partial charge < -0.3 is 9.80 Å².